The van der Waals surface area contributed by atoms with Gasteiger partial charge in [0, 0.05) is 32.7 Å². The van der Waals surface area contributed by atoms with Crippen LogP contribution in [0.4, 0.5) is 0 Å². The molecule has 2 aromatic rings. The normalized spacial score (nSPS) is 10.4. The second kappa shape index (κ2) is 6.68. The summed E-state index contributed by atoms with van der Waals surface area (Å²) < 4.78 is 0. The average Bonchev–Trinajstić information content (AvgIpc) is 2.28. The molecule has 2 heteroatoms. The largest absolute Gasteiger partial charge is 0.508 e. The molecule has 0 saturated heterocycles. The Balaban J connectivity index is 0.00000180. The fourth-order valence-corrected chi connectivity index (χ4v) is 2.32. The van der Waals surface area contributed by atoms with Gasteiger partial charge in [-0.2, -0.15) is 0 Å². The third-order valence-corrected chi connectivity index (χ3v) is 3.29. The van der Waals surface area contributed by atoms with Crippen molar-refractivity contribution in [3.63, 3.8) is 0 Å². The van der Waals surface area contributed by atoms with Crippen molar-refractivity contribution in [1.82, 2.24) is 0 Å². The predicted molar refractivity (Wildman–Crippen MR) is 75.9 cm³/mol. The molecular formula is C17H19OY-. The summed E-state index contributed by atoms with van der Waals surface area (Å²) in [4.78, 5) is 0. The van der Waals surface area contributed by atoms with Crippen molar-refractivity contribution >= 4 is 0 Å². The number of phenolic OH excluding ortho intramolecular Hbond substituents is 1. The molecule has 0 atom stereocenters. The van der Waals surface area contributed by atoms with E-state index in [9.17, 15) is 5.11 Å². The minimum atomic E-state index is 0. The zero-order chi connectivity index (χ0) is 13.3. The number of rotatable bonds is 2. The maximum atomic E-state index is 9.57. The molecule has 0 aliphatic carbocycles. The quantitative estimate of drug-likeness (QED) is 0.799. The van der Waals surface area contributed by atoms with Gasteiger partial charge in [0.15, 0.2) is 0 Å². The number of aromatic hydroxyl groups is 1. The minimum Gasteiger partial charge on any atom is -0.508 e. The average molecular weight is 328 g/mol. The molecule has 1 N–H and O–H groups in total. The van der Waals surface area contributed by atoms with Crippen molar-refractivity contribution < 1.29 is 37.8 Å². The fraction of sp³-hybridized carbons (Fsp3) is 0.294. The van der Waals surface area contributed by atoms with Gasteiger partial charge in [0.25, 0.3) is 0 Å². The predicted octanol–water partition coefficient (Wildman–Crippen LogP) is 4.60. The zero-order valence-electron chi connectivity index (χ0n) is 12.0. The molecule has 2 aromatic carbocycles. The summed E-state index contributed by atoms with van der Waals surface area (Å²) in [6.45, 7) is 8.40. The molecule has 0 fully saturated rings. The van der Waals surface area contributed by atoms with E-state index >= 15 is 0 Å². The Morgan fingerprint density at radius 1 is 1.05 bits per heavy atom. The van der Waals surface area contributed by atoms with Crippen LogP contribution in [0.5, 0.6) is 5.75 Å². The van der Waals surface area contributed by atoms with E-state index in [1.807, 2.05) is 13.8 Å². The van der Waals surface area contributed by atoms with Gasteiger partial charge in [-0.1, -0.05) is 36.5 Å². The second-order valence-electron chi connectivity index (χ2n) is 5.14. The summed E-state index contributed by atoms with van der Waals surface area (Å²) >= 11 is 0. The molecule has 0 aromatic heterocycles. The van der Waals surface area contributed by atoms with E-state index in [4.69, 9.17) is 0 Å². The number of hydrogen-bond donors (Lipinski definition) is 1. The smallest absolute Gasteiger partial charge is 0.114 e. The van der Waals surface area contributed by atoms with Gasteiger partial charge in [0.1, 0.15) is 5.75 Å². The van der Waals surface area contributed by atoms with Crippen molar-refractivity contribution in [1.29, 1.82) is 0 Å². The third-order valence-electron chi connectivity index (χ3n) is 3.29. The Bertz CT molecular complexity index is 533. The molecule has 1 radical (unpaired) electrons. The summed E-state index contributed by atoms with van der Waals surface area (Å²) in [5.74, 6) is 0.852. The third kappa shape index (κ3) is 3.67. The standard InChI is InChI=1S/C17H19O.Y/c1-11(2)14-5-7-15(8-6-14)17-12(3)9-16(18)10-13(17)4;/h5-7,9-11,18H,1-4H3;/q-1;. The number of phenols is 1. The maximum Gasteiger partial charge on any atom is 0.114 e. The zero-order valence-corrected chi connectivity index (χ0v) is 14.8. The Morgan fingerprint density at radius 3 is 2.05 bits per heavy atom. The van der Waals surface area contributed by atoms with E-state index in [0.29, 0.717) is 11.7 Å². The SMILES string of the molecule is Cc1cc(O)cc(C)c1-c1[c-]cc(C(C)C)cc1.[Y]. The van der Waals surface area contributed by atoms with Gasteiger partial charge in [0.05, 0.1) is 0 Å². The van der Waals surface area contributed by atoms with Crippen LogP contribution in [-0.2, 0) is 32.7 Å². The molecule has 1 nitrogen and oxygen atoms in total. The van der Waals surface area contributed by atoms with Crippen LogP contribution < -0.4 is 0 Å². The van der Waals surface area contributed by atoms with Crippen LogP contribution in [0.1, 0.15) is 36.5 Å². The summed E-state index contributed by atoms with van der Waals surface area (Å²) in [5, 5.41) is 9.57. The van der Waals surface area contributed by atoms with Crippen LogP contribution in [0, 0.1) is 19.9 Å². The van der Waals surface area contributed by atoms with E-state index in [1.54, 1.807) is 12.1 Å². The summed E-state index contributed by atoms with van der Waals surface area (Å²) in [5.41, 5.74) is 5.73. The van der Waals surface area contributed by atoms with Gasteiger partial charge >= 0.3 is 0 Å². The molecule has 0 aliphatic rings. The van der Waals surface area contributed by atoms with Crippen molar-refractivity contribution in [2.45, 2.75) is 33.6 Å². The molecule has 19 heavy (non-hydrogen) atoms. The van der Waals surface area contributed by atoms with Gasteiger partial charge in [-0.25, -0.2) is 0 Å². The first-order valence-electron chi connectivity index (χ1n) is 6.31. The molecule has 0 bridgehead atoms. The first-order chi connectivity index (χ1) is 8.49. The number of benzene rings is 2. The molecule has 0 saturated carbocycles. The van der Waals surface area contributed by atoms with Crippen LogP contribution in [-0.4, -0.2) is 5.11 Å². The van der Waals surface area contributed by atoms with Gasteiger partial charge in [-0.3, -0.25) is 0 Å². The Kier molecular flexibility index (Phi) is 5.76. The molecule has 0 amide bonds. The topological polar surface area (TPSA) is 20.2 Å². The van der Waals surface area contributed by atoms with Gasteiger partial charge < -0.3 is 5.11 Å². The van der Waals surface area contributed by atoms with Gasteiger partial charge in [0.2, 0.25) is 0 Å². The second-order valence-corrected chi connectivity index (χ2v) is 5.14. The summed E-state index contributed by atoms with van der Waals surface area (Å²) in [7, 11) is 0. The van der Waals surface area contributed by atoms with E-state index in [-0.39, 0.29) is 32.7 Å². The Labute approximate surface area is 140 Å². The molecule has 0 spiro atoms. The fourth-order valence-electron chi connectivity index (χ4n) is 2.32. The van der Waals surface area contributed by atoms with Gasteiger partial charge in [-0.15, -0.1) is 35.4 Å². The molecule has 2 rings (SSSR count). The first kappa shape index (κ1) is 16.4. The van der Waals surface area contributed by atoms with Crippen molar-refractivity contribution in [3.05, 3.63) is 53.1 Å². The van der Waals surface area contributed by atoms with Crippen molar-refractivity contribution in [2.24, 2.45) is 0 Å². The van der Waals surface area contributed by atoms with Crippen LogP contribution in [0.2, 0.25) is 0 Å². The van der Waals surface area contributed by atoms with E-state index in [2.05, 4.69) is 38.1 Å². The van der Waals surface area contributed by atoms with E-state index in [0.717, 1.165) is 16.7 Å². The number of aryl methyl sites for hydroxylation is 2. The molecular weight excluding hydrogens is 309 g/mol. The monoisotopic (exact) mass is 328 g/mol. The van der Waals surface area contributed by atoms with Crippen LogP contribution in [0.25, 0.3) is 11.1 Å². The summed E-state index contributed by atoms with van der Waals surface area (Å²) in [6.07, 6.45) is 0. The van der Waals surface area contributed by atoms with Crippen molar-refractivity contribution in [2.75, 3.05) is 0 Å². The maximum absolute atomic E-state index is 9.57. The Morgan fingerprint density at radius 2 is 1.63 bits per heavy atom. The number of hydrogen-bond acceptors (Lipinski definition) is 1. The van der Waals surface area contributed by atoms with E-state index < -0.39 is 0 Å². The molecule has 0 aliphatic heterocycles. The van der Waals surface area contributed by atoms with Gasteiger partial charge in [-0.05, 0) is 26.0 Å². The van der Waals surface area contributed by atoms with Crippen molar-refractivity contribution in [3.8, 4) is 16.9 Å². The minimum absolute atomic E-state index is 0. The molecule has 0 heterocycles. The Hall–Kier alpha value is -0.656. The first-order valence-corrected chi connectivity index (χ1v) is 6.31. The van der Waals surface area contributed by atoms with Crippen LogP contribution in [0.3, 0.4) is 0 Å². The summed E-state index contributed by atoms with van der Waals surface area (Å²) in [6, 6.07) is 13.3. The van der Waals surface area contributed by atoms with E-state index in [1.165, 1.54) is 11.1 Å². The van der Waals surface area contributed by atoms with Crippen LogP contribution in [0.15, 0.2) is 30.3 Å². The molecule has 0 unspecified atom stereocenters. The molecule has 97 valence electrons. The van der Waals surface area contributed by atoms with Crippen LogP contribution >= 0.6 is 0 Å².